The van der Waals surface area contributed by atoms with E-state index in [1.807, 2.05) is 41.5 Å². The summed E-state index contributed by atoms with van der Waals surface area (Å²) < 4.78 is 60.5. The Bertz CT molecular complexity index is 657. The van der Waals surface area contributed by atoms with Crippen molar-refractivity contribution in [3.8, 4) is 0 Å². The summed E-state index contributed by atoms with van der Waals surface area (Å²) in [5, 5.41) is 0. The number of unbranched alkanes of at least 4 members (excludes halogenated alkanes) is 6. The van der Waals surface area contributed by atoms with Crippen molar-refractivity contribution >= 4 is 0 Å². The first-order chi connectivity index (χ1) is 16.5. The second-order valence-electron chi connectivity index (χ2n) is 10.5. The summed E-state index contributed by atoms with van der Waals surface area (Å²) in [6, 6.07) is 1.49. The predicted molar refractivity (Wildman–Crippen MR) is 137 cm³/mol. The smallest absolute Gasteiger partial charge is 0.286 e. The van der Waals surface area contributed by atoms with Crippen LogP contribution >= 0.6 is 0 Å². The van der Waals surface area contributed by atoms with E-state index in [4.69, 9.17) is 14.2 Å². The molecule has 0 heterocycles. The van der Waals surface area contributed by atoms with Gasteiger partial charge in [-0.2, -0.15) is 0 Å². The molecule has 1 atom stereocenters. The average molecular weight is 503 g/mol. The van der Waals surface area contributed by atoms with Crippen molar-refractivity contribution in [1.29, 1.82) is 0 Å². The molecule has 0 saturated heterocycles. The topological polar surface area (TPSA) is 27.7 Å². The van der Waals surface area contributed by atoms with Gasteiger partial charge in [-0.1, -0.05) is 51.9 Å². The zero-order valence-electron chi connectivity index (χ0n) is 23.1. The van der Waals surface area contributed by atoms with Gasteiger partial charge in [0, 0.05) is 23.6 Å². The standard InChI is InChI=1S/C29H49F3O3/c1-8-9-10-11-12-13-16-24(29(33-21(2)3,34-22(4)5)35-23(6)7)17-14-15-18-26-27(31)19-25(30)20-28(26)32/h19-24H,8-18H2,1-7H3. The Morgan fingerprint density at radius 3 is 1.54 bits per heavy atom. The average Bonchev–Trinajstić information content (AvgIpc) is 2.71. The molecule has 0 N–H and O–H groups in total. The van der Waals surface area contributed by atoms with E-state index in [-0.39, 0.29) is 36.2 Å². The zero-order valence-corrected chi connectivity index (χ0v) is 23.1. The van der Waals surface area contributed by atoms with Crippen molar-refractivity contribution < 1.29 is 27.4 Å². The summed E-state index contributed by atoms with van der Waals surface area (Å²) in [6.07, 6.45) is 9.97. The van der Waals surface area contributed by atoms with Gasteiger partial charge in [-0.25, -0.2) is 13.2 Å². The Kier molecular flexibility index (Phi) is 15.1. The molecule has 0 amide bonds. The fourth-order valence-corrected chi connectivity index (χ4v) is 4.53. The lowest BCUT2D eigenvalue weighted by Crippen LogP contribution is -2.50. The summed E-state index contributed by atoms with van der Waals surface area (Å²) in [7, 11) is 0. The van der Waals surface area contributed by atoms with E-state index in [1.54, 1.807) is 0 Å². The van der Waals surface area contributed by atoms with Crippen molar-refractivity contribution in [1.82, 2.24) is 0 Å². The number of hydrogen-bond acceptors (Lipinski definition) is 3. The molecule has 0 aliphatic heterocycles. The third-order valence-corrected chi connectivity index (χ3v) is 5.94. The number of hydrogen-bond donors (Lipinski definition) is 0. The lowest BCUT2D eigenvalue weighted by Gasteiger charge is -2.43. The minimum absolute atomic E-state index is 0.0243. The molecular weight excluding hydrogens is 453 g/mol. The highest BCUT2D eigenvalue weighted by Crippen LogP contribution is 2.37. The van der Waals surface area contributed by atoms with Crippen LogP contribution in [0, 0.1) is 23.4 Å². The van der Waals surface area contributed by atoms with Crippen LogP contribution < -0.4 is 0 Å². The minimum Gasteiger partial charge on any atom is -0.324 e. The normalized spacial score (nSPS) is 13.4. The SMILES string of the molecule is CCCCCCCCC(CCCCc1c(F)cc(F)cc1F)C(OC(C)C)(OC(C)C)OC(C)C. The second-order valence-corrected chi connectivity index (χ2v) is 10.5. The molecule has 0 saturated carbocycles. The number of halogens is 3. The van der Waals surface area contributed by atoms with Gasteiger partial charge in [0.15, 0.2) is 0 Å². The van der Waals surface area contributed by atoms with Crippen molar-refractivity contribution in [2.75, 3.05) is 0 Å². The highest BCUT2D eigenvalue weighted by molar-refractivity contribution is 5.20. The third kappa shape index (κ3) is 12.1. The van der Waals surface area contributed by atoms with E-state index >= 15 is 0 Å². The Morgan fingerprint density at radius 2 is 1.09 bits per heavy atom. The molecule has 1 aromatic rings. The summed E-state index contributed by atoms with van der Waals surface area (Å²) >= 11 is 0. The van der Waals surface area contributed by atoms with E-state index in [9.17, 15) is 13.2 Å². The summed E-state index contributed by atoms with van der Waals surface area (Å²) in [5.74, 6) is -3.74. The molecule has 0 radical (unpaired) electrons. The quantitative estimate of drug-likeness (QED) is 0.139. The van der Waals surface area contributed by atoms with Gasteiger partial charge in [0.25, 0.3) is 5.97 Å². The Hall–Kier alpha value is -1.11. The van der Waals surface area contributed by atoms with Crippen molar-refractivity contribution in [2.45, 2.75) is 143 Å². The van der Waals surface area contributed by atoms with Crippen LogP contribution in [0.25, 0.3) is 0 Å². The first-order valence-electron chi connectivity index (χ1n) is 13.7. The highest BCUT2D eigenvalue weighted by atomic mass is 19.1. The van der Waals surface area contributed by atoms with Crippen LogP contribution in [0.15, 0.2) is 12.1 Å². The fraction of sp³-hybridized carbons (Fsp3) is 0.793. The van der Waals surface area contributed by atoms with Crippen LogP contribution in [0.4, 0.5) is 13.2 Å². The van der Waals surface area contributed by atoms with Crippen molar-refractivity contribution in [3.63, 3.8) is 0 Å². The second kappa shape index (κ2) is 16.6. The van der Waals surface area contributed by atoms with Gasteiger partial charge >= 0.3 is 0 Å². The molecular formula is C29H49F3O3. The fourth-order valence-electron chi connectivity index (χ4n) is 4.53. The maximum atomic E-state index is 14.1. The molecule has 1 rings (SSSR count). The van der Waals surface area contributed by atoms with Crippen LogP contribution in [-0.4, -0.2) is 24.3 Å². The molecule has 0 aliphatic carbocycles. The van der Waals surface area contributed by atoms with E-state index in [0.717, 1.165) is 44.2 Å². The summed E-state index contributed by atoms with van der Waals surface area (Å²) in [5.41, 5.74) is -0.0552. The summed E-state index contributed by atoms with van der Waals surface area (Å²) in [4.78, 5) is 0. The molecule has 0 aromatic heterocycles. The first-order valence-corrected chi connectivity index (χ1v) is 13.7. The molecule has 1 unspecified atom stereocenters. The maximum Gasteiger partial charge on any atom is 0.286 e. The van der Waals surface area contributed by atoms with E-state index in [1.165, 1.54) is 25.7 Å². The van der Waals surface area contributed by atoms with Crippen LogP contribution in [-0.2, 0) is 20.6 Å². The maximum absolute atomic E-state index is 14.1. The van der Waals surface area contributed by atoms with Crippen LogP contribution in [0.3, 0.4) is 0 Å². The molecule has 0 bridgehead atoms. The molecule has 35 heavy (non-hydrogen) atoms. The Labute approximate surface area is 212 Å². The molecule has 0 fully saturated rings. The number of benzene rings is 1. The van der Waals surface area contributed by atoms with Crippen LogP contribution in [0.5, 0.6) is 0 Å². The van der Waals surface area contributed by atoms with Crippen LogP contribution in [0.2, 0.25) is 0 Å². The van der Waals surface area contributed by atoms with Gasteiger partial charge in [0.05, 0.1) is 18.3 Å². The third-order valence-electron chi connectivity index (χ3n) is 5.94. The van der Waals surface area contributed by atoms with Gasteiger partial charge in [0.1, 0.15) is 17.5 Å². The molecule has 6 heteroatoms. The Morgan fingerprint density at radius 1 is 0.657 bits per heavy atom. The molecule has 3 nitrogen and oxygen atoms in total. The number of ether oxygens (including phenoxy) is 3. The molecule has 204 valence electrons. The lowest BCUT2D eigenvalue weighted by atomic mass is 9.91. The minimum atomic E-state index is -1.17. The van der Waals surface area contributed by atoms with E-state index < -0.39 is 23.4 Å². The van der Waals surface area contributed by atoms with Gasteiger partial charge in [-0.15, -0.1) is 0 Å². The molecule has 1 aromatic carbocycles. The molecule has 0 spiro atoms. The van der Waals surface area contributed by atoms with Gasteiger partial charge in [0.2, 0.25) is 0 Å². The van der Waals surface area contributed by atoms with Crippen molar-refractivity contribution in [3.05, 3.63) is 35.1 Å². The van der Waals surface area contributed by atoms with Crippen molar-refractivity contribution in [2.24, 2.45) is 5.92 Å². The van der Waals surface area contributed by atoms with E-state index in [0.29, 0.717) is 6.42 Å². The highest BCUT2D eigenvalue weighted by Gasteiger charge is 2.44. The van der Waals surface area contributed by atoms with Crippen LogP contribution in [0.1, 0.15) is 118 Å². The largest absolute Gasteiger partial charge is 0.324 e. The van der Waals surface area contributed by atoms with E-state index in [2.05, 4.69) is 6.92 Å². The van der Waals surface area contributed by atoms with Gasteiger partial charge < -0.3 is 14.2 Å². The predicted octanol–water partition coefficient (Wildman–Crippen LogP) is 9.11. The number of rotatable bonds is 19. The Balaban J connectivity index is 2.98. The monoisotopic (exact) mass is 502 g/mol. The lowest BCUT2D eigenvalue weighted by molar-refractivity contribution is -0.433. The first kappa shape index (κ1) is 31.9. The summed E-state index contributed by atoms with van der Waals surface area (Å²) in [6.45, 7) is 14.1. The molecule has 0 aliphatic rings. The zero-order chi connectivity index (χ0) is 26.4. The van der Waals surface area contributed by atoms with Gasteiger partial charge in [-0.05, 0) is 67.2 Å². The van der Waals surface area contributed by atoms with Gasteiger partial charge in [-0.3, -0.25) is 0 Å².